The normalized spacial score (nSPS) is 19.2. The molecule has 1 aliphatic rings. The molecule has 1 aliphatic heterocycles. The maximum Gasteiger partial charge on any atom is 0.243 e. The number of aromatic nitrogens is 1. The van der Waals surface area contributed by atoms with E-state index >= 15 is 0 Å². The Kier molecular flexibility index (Phi) is 4.79. The Morgan fingerprint density at radius 1 is 1.29 bits per heavy atom. The molecule has 1 aromatic heterocycles. The van der Waals surface area contributed by atoms with E-state index in [2.05, 4.69) is 10.3 Å². The Balaban J connectivity index is 1.85. The van der Waals surface area contributed by atoms with Gasteiger partial charge in [-0.15, -0.1) is 0 Å². The topological polar surface area (TPSA) is 71.5 Å². The van der Waals surface area contributed by atoms with Gasteiger partial charge in [0.25, 0.3) is 0 Å². The van der Waals surface area contributed by atoms with E-state index in [-0.39, 0.29) is 24.6 Å². The standard InChI is InChI=1S/C16H18FN3O3S/c1-18-16-7-3-6-14(19-16)15-11-20(8-9-23-15)24(21,22)13-5-2-4-12(17)10-13/h2-7,10,15H,8-9,11H2,1H3,(H,18,19)/t15-/m0/s1. The van der Waals surface area contributed by atoms with Gasteiger partial charge in [-0.3, -0.25) is 0 Å². The molecule has 0 bridgehead atoms. The van der Waals surface area contributed by atoms with Crippen LogP contribution in [0.25, 0.3) is 0 Å². The molecular formula is C16H18FN3O3S. The molecule has 128 valence electrons. The molecule has 0 aliphatic carbocycles. The molecule has 24 heavy (non-hydrogen) atoms. The van der Waals surface area contributed by atoms with E-state index in [0.29, 0.717) is 11.5 Å². The Morgan fingerprint density at radius 3 is 2.83 bits per heavy atom. The van der Waals surface area contributed by atoms with Crippen molar-refractivity contribution >= 4 is 15.8 Å². The minimum atomic E-state index is -3.77. The number of pyridine rings is 1. The lowest BCUT2D eigenvalue weighted by Crippen LogP contribution is -2.42. The average molecular weight is 351 g/mol. The van der Waals surface area contributed by atoms with Crippen LogP contribution in [0.4, 0.5) is 10.2 Å². The Morgan fingerprint density at radius 2 is 2.08 bits per heavy atom. The van der Waals surface area contributed by atoms with E-state index in [1.165, 1.54) is 22.5 Å². The van der Waals surface area contributed by atoms with Gasteiger partial charge in [0, 0.05) is 20.1 Å². The van der Waals surface area contributed by atoms with Gasteiger partial charge in [-0.25, -0.2) is 17.8 Å². The highest BCUT2D eigenvalue weighted by atomic mass is 32.2. The van der Waals surface area contributed by atoms with Gasteiger partial charge >= 0.3 is 0 Å². The molecule has 0 radical (unpaired) electrons. The molecule has 1 aromatic carbocycles. The van der Waals surface area contributed by atoms with Crippen LogP contribution in [-0.4, -0.2) is 44.5 Å². The minimum absolute atomic E-state index is 0.0555. The summed E-state index contributed by atoms with van der Waals surface area (Å²) in [4.78, 5) is 4.35. The first kappa shape index (κ1) is 16.8. The van der Waals surface area contributed by atoms with Crippen molar-refractivity contribution in [2.24, 2.45) is 0 Å². The van der Waals surface area contributed by atoms with Crippen LogP contribution >= 0.6 is 0 Å². The number of rotatable bonds is 4. The van der Waals surface area contributed by atoms with Crippen molar-refractivity contribution in [3.63, 3.8) is 0 Å². The SMILES string of the molecule is CNc1cccc([C@@H]2CN(S(=O)(=O)c3cccc(F)c3)CCO2)n1. The average Bonchev–Trinajstić information content (AvgIpc) is 2.62. The van der Waals surface area contributed by atoms with Gasteiger partial charge < -0.3 is 10.1 Å². The van der Waals surface area contributed by atoms with E-state index < -0.39 is 21.9 Å². The Hall–Kier alpha value is -2.03. The number of morpholine rings is 1. The van der Waals surface area contributed by atoms with Gasteiger partial charge in [0.2, 0.25) is 10.0 Å². The molecule has 0 amide bonds. The van der Waals surface area contributed by atoms with Crippen LogP contribution in [0.3, 0.4) is 0 Å². The minimum Gasteiger partial charge on any atom is -0.373 e. The van der Waals surface area contributed by atoms with Crippen LogP contribution in [0.15, 0.2) is 47.4 Å². The summed E-state index contributed by atoms with van der Waals surface area (Å²) in [7, 11) is -2.01. The molecule has 0 saturated carbocycles. The fourth-order valence-electron chi connectivity index (χ4n) is 2.57. The van der Waals surface area contributed by atoms with Gasteiger partial charge in [-0.1, -0.05) is 12.1 Å². The number of hydrogen-bond donors (Lipinski definition) is 1. The smallest absolute Gasteiger partial charge is 0.243 e. The molecule has 3 rings (SSSR count). The van der Waals surface area contributed by atoms with Gasteiger partial charge in [0.05, 0.1) is 17.2 Å². The molecule has 2 aromatic rings. The van der Waals surface area contributed by atoms with Crippen molar-refractivity contribution in [2.75, 3.05) is 32.1 Å². The van der Waals surface area contributed by atoms with E-state index in [1.807, 2.05) is 12.1 Å². The maximum absolute atomic E-state index is 13.4. The highest BCUT2D eigenvalue weighted by molar-refractivity contribution is 7.89. The largest absolute Gasteiger partial charge is 0.373 e. The molecular weight excluding hydrogens is 333 g/mol. The van der Waals surface area contributed by atoms with E-state index in [9.17, 15) is 12.8 Å². The van der Waals surface area contributed by atoms with Crippen molar-refractivity contribution in [3.8, 4) is 0 Å². The van der Waals surface area contributed by atoms with Crippen LogP contribution < -0.4 is 5.32 Å². The van der Waals surface area contributed by atoms with Gasteiger partial charge in [0.15, 0.2) is 0 Å². The van der Waals surface area contributed by atoms with E-state index in [1.54, 1.807) is 13.1 Å². The summed E-state index contributed by atoms with van der Waals surface area (Å²) in [5.41, 5.74) is 0.654. The second kappa shape index (κ2) is 6.84. The Bertz CT molecular complexity index is 829. The summed E-state index contributed by atoms with van der Waals surface area (Å²) in [6.07, 6.45) is -0.463. The third-order valence-electron chi connectivity index (χ3n) is 3.82. The van der Waals surface area contributed by atoms with Gasteiger partial charge in [0.1, 0.15) is 17.7 Å². The first-order valence-corrected chi connectivity index (χ1v) is 8.97. The molecule has 1 atom stereocenters. The first-order valence-electron chi connectivity index (χ1n) is 7.53. The van der Waals surface area contributed by atoms with Crippen LogP contribution in [0.1, 0.15) is 11.8 Å². The number of halogens is 1. The van der Waals surface area contributed by atoms with Crippen molar-refractivity contribution < 1.29 is 17.5 Å². The quantitative estimate of drug-likeness (QED) is 0.913. The van der Waals surface area contributed by atoms with Gasteiger partial charge in [-0.2, -0.15) is 4.31 Å². The second-order valence-corrected chi connectivity index (χ2v) is 7.32. The predicted molar refractivity (Wildman–Crippen MR) is 87.6 cm³/mol. The predicted octanol–water partition coefficient (Wildman–Crippen LogP) is 2.02. The fraction of sp³-hybridized carbons (Fsp3) is 0.312. The monoisotopic (exact) mass is 351 g/mol. The number of sulfonamides is 1. The molecule has 1 N–H and O–H groups in total. The summed E-state index contributed by atoms with van der Waals surface area (Å²) in [6, 6.07) is 10.5. The van der Waals surface area contributed by atoms with Crippen LogP contribution in [-0.2, 0) is 14.8 Å². The Labute approximate surface area is 140 Å². The second-order valence-electron chi connectivity index (χ2n) is 5.38. The summed E-state index contributed by atoms with van der Waals surface area (Å²) in [5, 5.41) is 2.94. The third-order valence-corrected chi connectivity index (χ3v) is 5.68. The first-order chi connectivity index (χ1) is 11.5. The molecule has 1 saturated heterocycles. The van der Waals surface area contributed by atoms with Crippen LogP contribution in [0.2, 0.25) is 0 Å². The van der Waals surface area contributed by atoms with Gasteiger partial charge in [-0.05, 0) is 30.3 Å². The number of nitrogens with zero attached hydrogens (tertiary/aromatic N) is 2. The van der Waals surface area contributed by atoms with Crippen molar-refractivity contribution in [3.05, 3.63) is 54.0 Å². The fourth-order valence-corrected chi connectivity index (χ4v) is 4.03. The van der Waals surface area contributed by atoms with Crippen molar-refractivity contribution in [1.29, 1.82) is 0 Å². The van der Waals surface area contributed by atoms with Crippen LogP contribution in [0, 0.1) is 5.82 Å². The number of benzene rings is 1. The molecule has 6 nitrogen and oxygen atoms in total. The van der Waals surface area contributed by atoms with E-state index in [4.69, 9.17) is 4.74 Å². The summed E-state index contributed by atoms with van der Waals surface area (Å²) in [6.45, 7) is 0.616. The zero-order valence-electron chi connectivity index (χ0n) is 13.1. The number of anilines is 1. The lowest BCUT2D eigenvalue weighted by Gasteiger charge is -2.32. The third kappa shape index (κ3) is 3.40. The molecule has 8 heteroatoms. The molecule has 0 unspecified atom stereocenters. The number of nitrogens with one attached hydrogen (secondary N) is 1. The van der Waals surface area contributed by atoms with Crippen molar-refractivity contribution in [2.45, 2.75) is 11.0 Å². The molecule has 1 fully saturated rings. The van der Waals surface area contributed by atoms with E-state index in [0.717, 1.165) is 6.07 Å². The summed E-state index contributed by atoms with van der Waals surface area (Å²) < 4.78 is 45.8. The lowest BCUT2D eigenvalue weighted by molar-refractivity contribution is -0.00486. The van der Waals surface area contributed by atoms with Crippen molar-refractivity contribution in [1.82, 2.24) is 9.29 Å². The summed E-state index contributed by atoms with van der Waals surface area (Å²) >= 11 is 0. The molecule has 2 heterocycles. The highest BCUT2D eigenvalue weighted by Crippen LogP contribution is 2.26. The lowest BCUT2D eigenvalue weighted by atomic mass is 10.2. The molecule has 0 spiro atoms. The summed E-state index contributed by atoms with van der Waals surface area (Å²) in [5.74, 6) is 0.102. The maximum atomic E-state index is 13.4. The van der Waals surface area contributed by atoms with Crippen LogP contribution in [0.5, 0.6) is 0 Å². The number of hydrogen-bond acceptors (Lipinski definition) is 5. The zero-order valence-corrected chi connectivity index (χ0v) is 14.0. The highest BCUT2D eigenvalue weighted by Gasteiger charge is 2.32. The number of ether oxygens (including phenoxy) is 1. The zero-order chi connectivity index (χ0) is 17.2.